The Morgan fingerprint density at radius 1 is 1.41 bits per heavy atom. The minimum absolute atomic E-state index is 0.0422. The predicted molar refractivity (Wildman–Crippen MR) is 84.8 cm³/mol. The summed E-state index contributed by atoms with van der Waals surface area (Å²) in [5.41, 5.74) is 0. The highest BCUT2D eigenvalue weighted by atomic mass is 16.5. The van der Waals surface area contributed by atoms with E-state index < -0.39 is 0 Å². The molecule has 6 nitrogen and oxygen atoms in total. The monoisotopic (exact) mass is 306 g/mol. The van der Waals surface area contributed by atoms with E-state index in [9.17, 15) is 4.79 Å². The molecule has 1 N–H and O–H groups in total. The quantitative estimate of drug-likeness (QED) is 0.872. The van der Waals surface area contributed by atoms with Gasteiger partial charge in [0.1, 0.15) is 5.82 Å². The summed E-state index contributed by atoms with van der Waals surface area (Å²) in [5.74, 6) is 1.57. The lowest BCUT2D eigenvalue weighted by Gasteiger charge is -2.30. The lowest BCUT2D eigenvalue weighted by atomic mass is 10.1. The highest BCUT2D eigenvalue weighted by Gasteiger charge is 2.31. The number of aromatic nitrogens is 2. The lowest BCUT2D eigenvalue weighted by molar-refractivity contribution is -0.118. The number of anilines is 1. The number of methoxy groups -OCH3 is 1. The third-order valence-electron chi connectivity index (χ3n) is 4.86. The molecule has 1 aromatic rings. The second-order valence-corrected chi connectivity index (χ2v) is 6.50. The van der Waals surface area contributed by atoms with Crippen molar-refractivity contribution in [3.63, 3.8) is 0 Å². The van der Waals surface area contributed by atoms with Gasteiger partial charge in [0.25, 0.3) is 0 Å². The van der Waals surface area contributed by atoms with Gasteiger partial charge < -0.3 is 10.1 Å². The summed E-state index contributed by atoms with van der Waals surface area (Å²) in [6.07, 6.45) is 6.64. The number of amides is 1. The van der Waals surface area contributed by atoms with Gasteiger partial charge in [-0.3, -0.25) is 9.69 Å². The number of likely N-dealkylation sites (tertiary alicyclic amines) is 1. The van der Waals surface area contributed by atoms with Crippen molar-refractivity contribution in [1.82, 2.24) is 14.7 Å². The molecule has 2 heterocycles. The first-order chi connectivity index (χ1) is 10.7. The van der Waals surface area contributed by atoms with E-state index in [2.05, 4.69) is 22.2 Å². The lowest BCUT2D eigenvalue weighted by Crippen LogP contribution is -2.41. The Morgan fingerprint density at radius 2 is 2.14 bits per heavy atom. The SMILES string of the molecule is COC1CCN(CC(=O)Nc2ccnn2C(C)C2CC2)CC1. The Morgan fingerprint density at radius 3 is 2.77 bits per heavy atom. The van der Waals surface area contributed by atoms with Crippen LogP contribution in [0.1, 0.15) is 38.6 Å². The molecule has 1 atom stereocenters. The maximum Gasteiger partial charge on any atom is 0.239 e. The molecule has 0 radical (unpaired) electrons. The van der Waals surface area contributed by atoms with E-state index in [1.807, 2.05) is 10.7 Å². The molecular weight excluding hydrogens is 280 g/mol. The van der Waals surface area contributed by atoms with Gasteiger partial charge in [0.2, 0.25) is 5.91 Å². The number of carbonyl (C=O) groups excluding carboxylic acids is 1. The Labute approximate surface area is 131 Å². The Balaban J connectivity index is 1.51. The number of nitrogens with zero attached hydrogens (tertiary/aromatic N) is 3. The zero-order valence-electron chi connectivity index (χ0n) is 13.5. The molecule has 1 saturated heterocycles. The number of nitrogens with one attached hydrogen (secondary N) is 1. The van der Waals surface area contributed by atoms with Crippen LogP contribution in [0.3, 0.4) is 0 Å². The van der Waals surface area contributed by atoms with Gasteiger partial charge in [-0.2, -0.15) is 5.10 Å². The van der Waals surface area contributed by atoms with Crippen LogP contribution in [0.5, 0.6) is 0 Å². The van der Waals surface area contributed by atoms with E-state index in [0.717, 1.165) is 31.7 Å². The van der Waals surface area contributed by atoms with Crippen molar-refractivity contribution >= 4 is 11.7 Å². The number of rotatable bonds is 6. The van der Waals surface area contributed by atoms with Gasteiger partial charge >= 0.3 is 0 Å². The summed E-state index contributed by atoms with van der Waals surface area (Å²) in [4.78, 5) is 14.5. The third kappa shape index (κ3) is 3.67. The van der Waals surface area contributed by atoms with Crippen molar-refractivity contribution in [3.8, 4) is 0 Å². The number of hydrogen-bond donors (Lipinski definition) is 1. The van der Waals surface area contributed by atoms with Gasteiger partial charge in [0.05, 0.1) is 24.9 Å². The summed E-state index contributed by atoms with van der Waals surface area (Å²) in [5, 5.41) is 7.39. The molecular formula is C16H26N4O2. The minimum atomic E-state index is 0.0422. The van der Waals surface area contributed by atoms with Crippen molar-refractivity contribution in [2.75, 3.05) is 32.1 Å². The number of hydrogen-bond acceptors (Lipinski definition) is 4. The smallest absolute Gasteiger partial charge is 0.239 e. The molecule has 2 fully saturated rings. The largest absolute Gasteiger partial charge is 0.381 e. The van der Waals surface area contributed by atoms with Crippen molar-refractivity contribution in [1.29, 1.82) is 0 Å². The van der Waals surface area contributed by atoms with Crippen LogP contribution in [0.2, 0.25) is 0 Å². The van der Waals surface area contributed by atoms with Gasteiger partial charge in [-0.15, -0.1) is 0 Å². The average Bonchev–Trinajstić information content (AvgIpc) is 3.28. The van der Waals surface area contributed by atoms with Crippen LogP contribution in [0.4, 0.5) is 5.82 Å². The van der Waals surface area contributed by atoms with Gasteiger partial charge in [-0.05, 0) is 38.5 Å². The Bertz CT molecular complexity index is 504. The van der Waals surface area contributed by atoms with E-state index in [4.69, 9.17) is 4.74 Å². The molecule has 0 spiro atoms. The molecule has 6 heteroatoms. The molecule has 22 heavy (non-hydrogen) atoms. The normalized spacial score (nSPS) is 21.7. The maximum absolute atomic E-state index is 12.3. The molecule has 122 valence electrons. The number of carbonyl (C=O) groups is 1. The van der Waals surface area contributed by atoms with E-state index in [0.29, 0.717) is 24.6 Å². The van der Waals surface area contributed by atoms with Crippen LogP contribution in [0, 0.1) is 5.92 Å². The third-order valence-corrected chi connectivity index (χ3v) is 4.86. The van der Waals surface area contributed by atoms with Crippen molar-refractivity contribution in [2.45, 2.75) is 44.8 Å². The van der Waals surface area contributed by atoms with E-state index in [-0.39, 0.29) is 5.91 Å². The fraction of sp³-hybridized carbons (Fsp3) is 0.750. The summed E-state index contributed by atoms with van der Waals surface area (Å²) in [7, 11) is 1.76. The molecule has 1 aromatic heterocycles. The fourth-order valence-corrected chi connectivity index (χ4v) is 3.20. The molecule has 3 rings (SSSR count). The predicted octanol–water partition coefficient (Wildman–Crippen LogP) is 1.90. The van der Waals surface area contributed by atoms with Crippen LogP contribution >= 0.6 is 0 Å². The molecule has 0 aromatic carbocycles. The van der Waals surface area contributed by atoms with E-state index >= 15 is 0 Å². The summed E-state index contributed by atoms with van der Waals surface area (Å²) in [6.45, 7) is 4.46. The van der Waals surface area contributed by atoms with Crippen LogP contribution in [-0.2, 0) is 9.53 Å². The van der Waals surface area contributed by atoms with Crippen LogP contribution in [-0.4, -0.2) is 53.4 Å². The summed E-state index contributed by atoms with van der Waals surface area (Å²) < 4.78 is 7.31. The molecule has 2 aliphatic rings. The molecule has 1 saturated carbocycles. The second kappa shape index (κ2) is 6.79. The zero-order valence-corrected chi connectivity index (χ0v) is 13.5. The fourth-order valence-electron chi connectivity index (χ4n) is 3.20. The summed E-state index contributed by atoms with van der Waals surface area (Å²) in [6, 6.07) is 2.25. The summed E-state index contributed by atoms with van der Waals surface area (Å²) >= 11 is 0. The van der Waals surface area contributed by atoms with E-state index in [1.165, 1.54) is 12.8 Å². The molecule has 0 bridgehead atoms. The molecule has 1 aliphatic carbocycles. The Kier molecular flexibility index (Phi) is 4.78. The topological polar surface area (TPSA) is 59.4 Å². The standard InChI is InChI=1S/C16H26N4O2/c1-12(13-3-4-13)20-15(5-8-17-20)18-16(21)11-19-9-6-14(22-2)7-10-19/h5,8,12-14H,3-4,6-7,9-11H2,1-2H3,(H,18,21). The van der Waals surface area contributed by atoms with Crippen LogP contribution < -0.4 is 5.32 Å². The average molecular weight is 306 g/mol. The first kappa shape index (κ1) is 15.5. The maximum atomic E-state index is 12.3. The van der Waals surface area contributed by atoms with Gasteiger partial charge in [0, 0.05) is 26.3 Å². The highest BCUT2D eigenvalue weighted by Crippen LogP contribution is 2.40. The number of ether oxygens (including phenoxy) is 1. The van der Waals surface area contributed by atoms with Gasteiger partial charge in [0.15, 0.2) is 0 Å². The van der Waals surface area contributed by atoms with Crippen LogP contribution in [0.25, 0.3) is 0 Å². The molecule has 1 unspecified atom stereocenters. The van der Waals surface area contributed by atoms with E-state index in [1.54, 1.807) is 13.3 Å². The van der Waals surface area contributed by atoms with Crippen molar-refractivity contribution in [2.24, 2.45) is 5.92 Å². The first-order valence-corrected chi connectivity index (χ1v) is 8.26. The Hall–Kier alpha value is -1.40. The molecule has 1 amide bonds. The second-order valence-electron chi connectivity index (χ2n) is 6.50. The zero-order chi connectivity index (χ0) is 15.5. The number of piperidine rings is 1. The first-order valence-electron chi connectivity index (χ1n) is 8.26. The van der Waals surface area contributed by atoms with Crippen molar-refractivity contribution < 1.29 is 9.53 Å². The van der Waals surface area contributed by atoms with Crippen LogP contribution in [0.15, 0.2) is 12.3 Å². The van der Waals surface area contributed by atoms with Crippen molar-refractivity contribution in [3.05, 3.63) is 12.3 Å². The van der Waals surface area contributed by atoms with Gasteiger partial charge in [-0.25, -0.2) is 4.68 Å². The minimum Gasteiger partial charge on any atom is -0.381 e. The molecule has 1 aliphatic heterocycles. The highest BCUT2D eigenvalue weighted by molar-refractivity contribution is 5.91. The van der Waals surface area contributed by atoms with Gasteiger partial charge in [-0.1, -0.05) is 0 Å².